The van der Waals surface area contributed by atoms with E-state index < -0.39 is 14.9 Å². The molecule has 0 aliphatic heterocycles. The van der Waals surface area contributed by atoms with E-state index in [0.717, 1.165) is 19.3 Å². The third kappa shape index (κ3) is 4.25. The maximum atomic E-state index is 12.2. The number of benzene rings is 1. The van der Waals surface area contributed by atoms with Gasteiger partial charge in [0.15, 0.2) is 0 Å². The van der Waals surface area contributed by atoms with Gasteiger partial charge in [0, 0.05) is 17.7 Å². The third-order valence-electron chi connectivity index (χ3n) is 3.85. The molecule has 0 amide bonds. The molecule has 1 aromatic rings. The summed E-state index contributed by atoms with van der Waals surface area (Å²) in [5, 5.41) is 10.9. The van der Waals surface area contributed by atoms with Gasteiger partial charge >= 0.3 is 0 Å². The minimum atomic E-state index is -3.58. The maximum absolute atomic E-state index is 12.2. The van der Waals surface area contributed by atoms with Crippen LogP contribution in [0.15, 0.2) is 24.3 Å². The molecule has 0 aromatic heterocycles. The monoisotopic (exact) mass is 312 g/mol. The number of nitro benzene ring substituents is 1. The summed E-state index contributed by atoms with van der Waals surface area (Å²) >= 11 is 0. The van der Waals surface area contributed by atoms with E-state index in [1.807, 2.05) is 0 Å². The second-order valence-corrected chi connectivity index (χ2v) is 8.12. The van der Waals surface area contributed by atoms with E-state index in [9.17, 15) is 18.5 Å². The molecular weight excluding hydrogens is 292 g/mol. The van der Waals surface area contributed by atoms with E-state index in [-0.39, 0.29) is 28.5 Å². The average molecular weight is 312 g/mol. The van der Waals surface area contributed by atoms with Gasteiger partial charge in [-0.3, -0.25) is 10.1 Å². The molecule has 1 saturated carbocycles. The summed E-state index contributed by atoms with van der Waals surface area (Å²) < 4.78 is 27.1. The van der Waals surface area contributed by atoms with Crippen LogP contribution in [0.3, 0.4) is 0 Å². The lowest BCUT2D eigenvalue weighted by atomic mass is 9.92. The number of hydrogen-bond acceptors (Lipinski definition) is 4. The molecule has 0 heterocycles. The summed E-state index contributed by atoms with van der Waals surface area (Å²) in [4.78, 5) is 10.4. The molecule has 1 aliphatic rings. The Morgan fingerprint density at radius 1 is 1.38 bits per heavy atom. The predicted octanol–water partition coefficient (Wildman–Crippen LogP) is 2.59. The number of nitro groups is 1. The Morgan fingerprint density at radius 2 is 2.05 bits per heavy atom. The molecule has 0 bridgehead atoms. The van der Waals surface area contributed by atoms with E-state index in [1.165, 1.54) is 18.2 Å². The molecule has 21 heavy (non-hydrogen) atoms. The normalized spacial score (nSPS) is 21.3. The molecule has 1 fully saturated rings. The van der Waals surface area contributed by atoms with Gasteiger partial charge in [0.2, 0.25) is 10.0 Å². The van der Waals surface area contributed by atoms with Crippen LogP contribution in [-0.2, 0) is 15.8 Å². The van der Waals surface area contributed by atoms with Crippen molar-refractivity contribution in [1.29, 1.82) is 0 Å². The molecule has 1 N–H and O–H groups in total. The minimum Gasteiger partial charge on any atom is -0.258 e. The number of sulfonamides is 1. The van der Waals surface area contributed by atoms with Crippen molar-refractivity contribution in [2.24, 2.45) is 5.41 Å². The van der Waals surface area contributed by atoms with Crippen molar-refractivity contribution >= 4 is 15.7 Å². The number of nitrogens with zero attached hydrogens (tertiary/aromatic N) is 1. The lowest BCUT2D eigenvalue weighted by Crippen LogP contribution is -2.34. The average Bonchev–Trinajstić information content (AvgIpc) is 2.67. The van der Waals surface area contributed by atoms with Gasteiger partial charge in [-0.05, 0) is 24.7 Å². The molecule has 0 saturated heterocycles. The van der Waals surface area contributed by atoms with E-state index in [2.05, 4.69) is 18.6 Å². The van der Waals surface area contributed by atoms with Crippen LogP contribution in [0.1, 0.15) is 38.7 Å². The van der Waals surface area contributed by atoms with Gasteiger partial charge in [-0.2, -0.15) is 0 Å². The van der Waals surface area contributed by atoms with Crippen LogP contribution in [0.2, 0.25) is 0 Å². The molecule has 0 spiro atoms. The van der Waals surface area contributed by atoms with Crippen molar-refractivity contribution < 1.29 is 13.3 Å². The molecule has 2 rings (SSSR count). The van der Waals surface area contributed by atoms with Crippen LogP contribution >= 0.6 is 0 Å². The van der Waals surface area contributed by atoms with Crippen molar-refractivity contribution in [1.82, 2.24) is 4.72 Å². The highest BCUT2D eigenvalue weighted by Crippen LogP contribution is 2.37. The molecule has 6 nitrogen and oxygen atoms in total. The van der Waals surface area contributed by atoms with Crippen molar-refractivity contribution in [3.05, 3.63) is 39.9 Å². The fraction of sp³-hybridized carbons (Fsp3) is 0.571. The SMILES string of the molecule is CC1(C)CCC(NS(=O)(=O)Cc2ccccc2[N+](=O)[O-])C1. The van der Waals surface area contributed by atoms with Gasteiger partial charge in [0.25, 0.3) is 5.69 Å². The summed E-state index contributed by atoms with van der Waals surface area (Å²) in [7, 11) is -3.58. The fourth-order valence-electron chi connectivity index (χ4n) is 2.85. The van der Waals surface area contributed by atoms with Gasteiger partial charge < -0.3 is 0 Å². The summed E-state index contributed by atoms with van der Waals surface area (Å²) in [6, 6.07) is 5.87. The topological polar surface area (TPSA) is 89.3 Å². The van der Waals surface area contributed by atoms with Gasteiger partial charge in [0.05, 0.1) is 10.7 Å². The maximum Gasteiger partial charge on any atom is 0.273 e. The summed E-state index contributed by atoms with van der Waals surface area (Å²) in [6.07, 6.45) is 2.58. The standard InChI is InChI=1S/C14H20N2O4S/c1-14(2)8-7-12(9-14)15-21(19,20)10-11-5-3-4-6-13(11)16(17)18/h3-6,12,15H,7-10H2,1-2H3. The molecule has 0 radical (unpaired) electrons. The van der Waals surface area contributed by atoms with Crippen LogP contribution in [0.25, 0.3) is 0 Å². The molecule has 1 aliphatic carbocycles. The summed E-state index contributed by atoms with van der Waals surface area (Å²) in [5.41, 5.74) is 0.202. The third-order valence-corrected chi connectivity index (χ3v) is 5.23. The summed E-state index contributed by atoms with van der Waals surface area (Å²) in [6.45, 7) is 4.23. The first kappa shape index (κ1) is 15.9. The van der Waals surface area contributed by atoms with Crippen molar-refractivity contribution in [2.75, 3.05) is 0 Å². The highest BCUT2D eigenvalue weighted by Gasteiger charge is 2.33. The van der Waals surface area contributed by atoms with E-state index in [0.29, 0.717) is 0 Å². The number of nitrogens with one attached hydrogen (secondary N) is 1. The van der Waals surface area contributed by atoms with Gasteiger partial charge in [-0.15, -0.1) is 0 Å². The van der Waals surface area contributed by atoms with E-state index >= 15 is 0 Å². The quantitative estimate of drug-likeness (QED) is 0.668. The zero-order valence-electron chi connectivity index (χ0n) is 12.2. The second kappa shape index (κ2) is 5.73. The van der Waals surface area contributed by atoms with Crippen molar-refractivity contribution in [3.8, 4) is 0 Å². The smallest absolute Gasteiger partial charge is 0.258 e. The first-order chi connectivity index (χ1) is 9.69. The van der Waals surface area contributed by atoms with Crippen molar-refractivity contribution in [3.63, 3.8) is 0 Å². The Balaban J connectivity index is 2.10. The number of rotatable bonds is 5. The lowest BCUT2D eigenvalue weighted by molar-refractivity contribution is -0.385. The van der Waals surface area contributed by atoms with Gasteiger partial charge in [-0.25, -0.2) is 13.1 Å². The van der Waals surface area contributed by atoms with Crippen LogP contribution in [0.5, 0.6) is 0 Å². The first-order valence-electron chi connectivity index (χ1n) is 6.91. The predicted molar refractivity (Wildman–Crippen MR) is 80.3 cm³/mol. The molecule has 1 aromatic carbocycles. The molecular formula is C14H20N2O4S. The lowest BCUT2D eigenvalue weighted by Gasteiger charge is -2.17. The number of hydrogen-bond donors (Lipinski definition) is 1. The van der Waals surface area contributed by atoms with E-state index in [1.54, 1.807) is 6.07 Å². The van der Waals surface area contributed by atoms with Crippen LogP contribution < -0.4 is 4.72 Å². The highest BCUT2D eigenvalue weighted by molar-refractivity contribution is 7.88. The Bertz CT molecular complexity index is 640. The van der Waals surface area contributed by atoms with Crippen LogP contribution in [0.4, 0.5) is 5.69 Å². The minimum absolute atomic E-state index is 0.0761. The van der Waals surface area contributed by atoms with Crippen LogP contribution in [-0.4, -0.2) is 19.4 Å². The Morgan fingerprint density at radius 3 is 2.62 bits per heavy atom. The van der Waals surface area contributed by atoms with Crippen molar-refractivity contribution in [2.45, 2.75) is 44.9 Å². The van der Waals surface area contributed by atoms with Gasteiger partial charge in [0.1, 0.15) is 0 Å². The Kier molecular flexibility index (Phi) is 4.34. The zero-order valence-corrected chi connectivity index (χ0v) is 13.0. The Hall–Kier alpha value is -1.47. The molecule has 7 heteroatoms. The van der Waals surface area contributed by atoms with Crippen LogP contribution in [0, 0.1) is 15.5 Å². The number of para-hydroxylation sites is 1. The summed E-state index contributed by atoms with van der Waals surface area (Å²) in [5.74, 6) is -0.360. The fourth-order valence-corrected chi connectivity index (χ4v) is 4.29. The second-order valence-electron chi connectivity index (χ2n) is 6.37. The van der Waals surface area contributed by atoms with E-state index in [4.69, 9.17) is 0 Å². The van der Waals surface area contributed by atoms with Gasteiger partial charge in [-0.1, -0.05) is 32.0 Å². The highest BCUT2D eigenvalue weighted by atomic mass is 32.2. The zero-order chi connectivity index (χ0) is 15.7. The first-order valence-corrected chi connectivity index (χ1v) is 8.56. The molecule has 1 atom stereocenters. The molecule has 116 valence electrons. The largest absolute Gasteiger partial charge is 0.273 e. The Labute approximate surface area is 124 Å². The molecule has 1 unspecified atom stereocenters.